The summed E-state index contributed by atoms with van der Waals surface area (Å²) in [7, 11) is -3.54. The molecule has 94 valence electrons. The highest BCUT2D eigenvalue weighted by molar-refractivity contribution is 9.10. The van der Waals surface area contributed by atoms with E-state index in [2.05, 4.69) is 26.2 Å². The van der Waals surface area contributed by atoms with Crippen LogP contribution in [0.3, 0.4) is 0 Å². The minimum atomic E-state index is -3.54. The van der Waals surface area contributed by atoms with Crippen LogP contribution in [0.25, 0.3) is 0 Å². The van der Waals surface area contributed by atoms with Crippen molar-refractivity contribution in [1.82, 2.24) is 14.6 Å². The Morgan fingerprint density at radius 1 is 1.41 bits per heavy atom. The number of pyridine rings is 1. The van der Waals surface area contributed by atoms with Gasteiger partial charge in [0.25, 0.3) is 0 Å². The van der Waals surface area contributed by atoms with Crippen LogP contribution < -0.4 is 11.1 Å². The topological polar surface area (TPSA) is 88.3 Å². The van der Waals surface area contributed by atoms with Gasteiger partial charge in [-0.2, -0.15) is 4.31 Å². The van der Waals surface area contributed by atoms with Crippen LogP contribution in [-0.2, 0) is 10.0 Å². The summed E-state index contributed by atoms with van der Waals surface area (Å²) in [6.45, 7) is 2.21. The molecule has 1 aliphatic heterocycles. The Hall–Kier alpha value is -0.700. The van der Waals surface area contributed by atoms with E-state index in [0.717, 1.165) is 0 Å². The summed E-state index contributed by atoms with van der Waals surface area (Å²) >= 11 is 3.20. The fraction of sp³-hybridized carbons (Fsp3) is 0.444. The van der Waals surface area contributed by atoms with Crippen LogP contribution in [0, 0.1) is 0 Å². The third-order valence-electron chi connectivity index (χ3n) is 2.54. The second-order valence-electron chi connectivity index (χ2n) is 3.69. The summed E-state index contributed by atoms with van der Waals surface area (Å²) in [5, 5.41) is 3.10. The number of nitrogens with one attached hydrogen (secondary N) is 1. The zero-order valence-electron chi connectivity index (χ0n) is 9.06. The van der Waals surface area contributed by atoms with Gasteiger partial charge in [-0.25, -0.2) is 13.4 Å². The smallest absolute Gasteiger partial charge is 0.246 e. The fourth-order valence-electron chi connectivity index (χ4n) is 1.66. The Kier molecular flexibility index (Phi) is 3.67. The molecule has 0 bridgehead atoms. The van der Waals surface area contributed by atoms with Crippen LogP contribution in [-0.4, -0.2) is 43.9 Å². The average molecular weight is 321 g/mol. The minimum Gasteiger partial charge on any atom is -0.383 e. The predicted molar refractivity (Wildman–Crippen MR) is 68.0 cm³/mol. The molecule has 8 heteroatoms. The minimum absolute atomic E-state index is 0.0340. The number of nitrogens with zero attached hydrogens (tertiary/aromatic N) is 2. The van der Waals surface area contributed by atoms with Crippen LogP contribution in [0.5, 0.6) is 0 Å². The predicted octanol–water partition coefficient (Wildman–Crippen LogP) is 0.0202. The van der Waals surface area contributed by atoms with Gasteiger partial charge in [0.15, 0.2) is 0 Å². The zero-order chi connectivity index (χ0) is 12.5. The molecule has 0 aliphatic carbocycles. The molecular weight excluding hydrogens is 308 g/mol. The molecule has 2 heterocycles. The van der Waals surface area contributed by atoms with Gasteiger partial charge in [-0.1, -0.05) is 0 Å². The monoisotopic (exact) mass is 320 g/mol. The van der Waals surface area contributed by atoms with Gasteiger partial charge in [0.2, 0.25) is 10.0 Å². The van der Waals surface area contributed by atoms with Gasteiger partial charge in [0.05, 0.1) is 0 Å². The van der Waals surface area contributed by atoms with E-state index in [1.807, 2.05) is 0 Å². The Balaban J connectivity index is 2.40. The van der Waals surface area contributed by atoms with Crippen LogP contribution in [0.4, 0.5) is 5.82 Å². The maximum Gasteiger partial charge on any atom is 0.246 e. The molecule has 1 aliphatic rings. The molecule has 3 N–H and O–H groups in total. The van der Waals surface area contributed by atoms with Gasteiger partial charge in [-0.05, 0) is 22.0 Å². The Bertz CT molecular complexity index is 514. The van der Waals surface area contributed by atoms with E-state index < -0.39 is 10.0 Å². The third kappa shape index (κ3) is 2.59. The summed E-state index contributed by atoms with van der Waals surface area (Å²) in [5.74, 6) is 0.0340. The number of hydrogen-bond acceptors (Lipinski definition) is 5. The lowest BCUT2D eigenvalue weighted by atomic mass is 10.4. The van der Waals surface area contributed by atoms with Gasteiger partial charge < -0.3 is 11.1 Å². The van der Waals surface area contributed by atoms with Crippen molar-refractivity contribution in [3.05, 3.63) is 16.7 Å². The van der Waals surface area contributed by atoms with Crippen molar-refractivity contribution in [3.8, 4) is 0 Å². The molecule has 0 radical (unpaired) electrons. The van der Waals surface area contributed by atoms with Crippen LogP contribution in [0.15, 0.2) is 21.6 Å². The summed E-state index contributed by atoms with van der Waals surface area (Å²) in [5.41, 5.74) is 5.63. The number of aromatic nitrogens is 1. The molecule has 0 amide bonds. The Morgan fingerprint density at radius 2 is 2.06 bits per heavy atom. The highest BCUT2D eigenvalue weighted by Gasteiger charge is 2.28. The summed E-state index contributed by atoms with van der Waals surface area (Å²) in [4.78, 5) is 3.91. The van der Waals surface area contributed by atoms with Gasteiger partial charge in [0.1, 0.15) is 10.7 Å². The Labute approximate surface area is 108 Å². The number of sulfonamides is 1. The summed E-state index contributed by atoms with van der Waals surface area (Å²) < 4.78 is 26.7. The highest BCUT2D eigenvalue weighted by atomic mass is 79.9. The van der Waals surface area contributed by atoms with E-state index in [9.17, 15) is 8.42 Å². The summed E-state index contributed by atoms with van der Waals surface area (Å²) in [6, 6.07) is 1.49. The van der Waals surface area contributed by atoms with Crippen molar-refractivity contribution in [2.24, 2.45) is 0 Å². The molecule has 6 nitrogen and oxygen atoms in total. The number of nitrogens with two attached hydrogens (primary N) is 1. The van der Waals surface area contributed by atoms with Gasteiger partial charge in [0, 0.05) is 36.8 Å². The number of anilines is 1. The maximum atomic E-state index is 12.3. The lowest BCUT2D eigenvalue weighted by Gasteiger charge is -2.26. The summed E-state index contributed by atoms with van der Waals surface area (Å²) in [6.07, 6.45) is 1.48. The van der Waals surface area contributed by atoms with Crippen molar-refractivity contribution in [2.75, 3.05) is 31.9 Å². The molecule has 0 saturated carbocycles. The number of piperazine rings is 1. The number of halogens is 1. The lowest BCUT2D eigenvalue weighted by molar-refractivity contribution is 0.360. The van der Waals surface area contributed by atoms with E-state index in [0.29, 0.717) is 30.7 Å². The molecule has 0 unspecified atom stereocenters. The second-order valence-corrected chi connectivity index (χ2v) is 6.51. The highest BCUT2D eigenvalue weighted by Crippen LogP contribution is 2.24. The van der Waals surface area contributed by atoms with Gasteiger partial charge >= 0.3 is 0 Å². The van der Waals surface area contributed by atoms with Gasteiger partial charge in [-0.3, -0.25) is 0 Å². The van der Waals surface area contributed by atoms with E-state index in [4.69, 9.17) is 5.73 Å². The normalized spacial score (nSPS) is 18.2. The van der Waals surface area contributed by atoms with E-state index in [1.165, 1.54) is 16.6 Å². The van der Waals surface area contributed by atoms with Crippen molar-refractivity contribution < 1.29 is 8.42 Å². The third-order valence-corrected chi connectivity index (χ3v) is 4.90. The first-order chi connectivity index (χ1) is 8.01. The molecule has 0 spiro atoms. The first-order valence-electron chi connectivity index (χ1n) is 5.14. The molecule has 17 heavy (non-hydrogen) atoms. The fourth-order valence-corrected chi connectivity index (χ4v) is 3.68. The Morgan fingerprint density at radius 3 is 2.71 bits per heavy atom. The first-order valence-corrected chi connectivity index (χ1v) is 7.37. The van der Waals surface area contributed by atoms with Gasteiger partial charge in [-0.15, -0.1) is 0 Å². The molecule has 1 aromatic rings. The van der Waals surface area contributed by atoms with Crippen LogP contribution in [0.2, 0.25) is 0 Å². The van der Waals surface area contributed by atoms with Crippen molar-refractivity contribution in [3.63, 3.8) is 0 Å². The number of rotatable bonds is 2. The quantitative estimate of drug-likeness (QED) is 0.802. The molecule has 2 rings (SSSR count). The standard InChI is InChI=1S/C9H13BrN4O2S/c10-7-5-8(9(11)13-6-7)17(15,16)14-3-1-12-2-4-14/h5-6,12H,1-4H2,(H2,11,13). The average Bonchev–Trinajstić information content (AvgIpc) is 2.33. The van der Waals surface area contributed by atoms with Crippen molar-refractivity contribution in [1.29, 1.82) is 0 Å². The van der Waals surface area contributed by atoms with Crippen molar-refractivity contribution >= 4 is 31.8 Å². The molecule has 1 aromatic heterocycles. The lowest BCUT2D eigenvalue weighted by Crippen LogP contribution is -2.46. The SMILES string of the molecule is Nc1ncc(Br)cc1S(=O)(=O)N1CCNCC1. The van der Waals surface area contributed by atoms with Crippen LogP contribution >= 0.6 is 15.9 Å². The molecule has 1 fully saturated rings. The van der Waals surface area contributed by atoms with Crippen molar-refractivity contribution in [2.45, 2.75) is 4.90 Å². The second kappa shape index (κ2) is 4.89. The number of hydrogen-bond donors (Lipinski definition) is 2. The van der Waals surface area contributed by atoms with E-state index >= 15 is 0 Å². The van der Waals surface area contributed by atoms with Crippen LogP contribution in [0.1, 0.15) is 0 Å². The van der Waals surface area contributed by atoms with E-state index in [1.54, 1.807) is 0 Å². The van der Waals surface area contributed by atoms with E-state index in [-0.39, 0.29) is 10.7 Å². The molecule has 0 atom stereocenters. The largest absolute Gasteiger partial charge is 0.383 e. The molecular formula is C9H13BrN4O2S. The first kappa shape index (κ1) is 12.7. The zero-order valence-corrected chi connectivity index (χ0v) is 11.5. The maximum absolute atomic E-state index is 12.3. The molecule has 0 aromatic carbocycles. The molecule has 1 saturated heterocycles. The number of nitrogen functional groups attached to an aromatic ring is 1.